The number of amides is 3. The predicted octanol–water partition coefficient (Wildman–Crippen LogP) is 0.329. The number of nitrogens with two attached hydrogens (primary N) is 1. The Kier molecular flexibility index (Phi) is 13.3. The first-order chi connectivity index (χ1) is 13.6. The molecule has 0 heterocycles. The van der Waals surface area contributed by atoms with E-state index < -0.39 is 41.8 Å². The van der Waals surface area contributed by atoms with E-state index in [0.717, 1.165) is 6.42 Å². The summed E-state index contributed by atoms with van der Waals surface area (Å²) in [6.45, 7) is 6.98. The van der Waals surface area contributed by atoms with E-state index in [-0.39, 0.29) is 18.4 Å². The van der Waals surface area contributed by atoms with Gasteiger partial charge in [0.2, 0.25) is 17.7 Å². The van der Waals surface area contributed by atoms with Crippen LogP contribution in [0.5, 0.6) is 0 Å². The van der Waals surface area contributed by atoms with Gasteiger partial charge in [0.1, 0.15) is 12.1 Å². The van der Waals surface area contributed by atoms with Crippen LogP contribution >= 0.6 is 11.8 Å². The average molecular weight is 433 g/mol. The second kappa shape index (κ2) is 14.2. The summed E-state index contributed by atoms with van der Waals surface area (Å²) in [5.74, 6) is -2.28. The maximum absolute atomic E-state index is 12.5. The molecule has 0 saturated heterocycles. The van der Waals surface area contributed by atoms with Gasteiger partial charge in [-0.3, -0.25) is 14.4 Å². The lowest BCUT2D eigenvalue weighted by molar-refractivity contribution is -0.143. The van der Waals surface area contributed by atoms with E-state index in [1.165, 1.54) is 11.8 Å². The molecular formula is C19H36N4O5S. The fourth-order valence-corrected chi connectivity index (χ4v) is 2.95. The van der Waals surface area contributed by atoms with E-state index in [9.17, 15) is 24.3 Å². The SMILES string of the molecule is CCC(C)C(N)C(=O)NC(CCSC)C(=O)NCC(=O)NC(C(=O)O)C(C)CC. The van der Waals surface area contributed by atoms with Crippen LogP contribution in [0.25, 0.3) is 0 Å². The number of hydrogen-bond acceptors (Lipinski definition) is 6. The van der Waals surface area contributed by atoms with Gasteiger partial charge in [0.05, 0.1) is 12.6 Å². The highest BCUT2D eigenvalue weighted by atomic mass is 32.2. The minimum Gasteiger partial charge on any atom is -0.480 e. The number of thioether (sulfide) groups is 1. The minimum atomic E-state index is -1.12. The van der Waals surface area contributed by atoms with Gasteiger partial charge in [-0.15, -0.1) is 0 Å². The lowest BCUT2D eigenvalue weighted by Crippen LogP contribution is -2.55. The minimum absolute atomic E-state index is 0.0291. The number of rotatable bonds is 14. The predicted molar refractivity (Wildman–Crippen MR) is 114 cm³/mol. The molecule has 0 aromatic carbocycles. The Morgan fingerprint density at radius 3 is 2.07 bits per heavy atom. The lowest BCUT2D eigenvalue weighted by Gasteiger charge is -2.23. The van der Waals surface area contributed by atoms with E-state index in [1.807, 2.05) is 27.0 Å². The van der Waals surface area contributed by atoms with Crippen molar-refractivity contribution >= 4 is 35.5 Å². The van der Waals surface area contributed by atoms with E-state index >= 15 is 0 Å². The third-order valence-electron chi connectivity index (χ3n) is 5.02. The van der Waals surface area contributed by atoms with Gasteiger partial charge < -0.3 is 26.8 Å². The summed E-state index contributed by atoms with van der Waals surface area (Å²) in [4.78, 5) is 48.2. The molecule has 5 atom stereocenters. The number of carbonyl (C=O) groups excluding carboxylic acids is 3. The molecule has 10 heteroatoms. The molecule has 9 nitrogen and oxygen atoms in total. The van der Waals surface area contributed by atoms with Gasteiger partial charge in [0.15, 0.2) is 0 Å². The maximum Gasteiger partial charge on any atom is 0.326 e. The normalized spacial score (nSPS) is 16.1. The lowest BCUT2D eigenvalue weighted by atomic mass is 9.99. The molecule has 0 spiro atoms. The van der Waals surface area contributed by atoms with Gasteiger partial charge in [-0.05, 0) is 30.3 Å². The largest absolute Gasteiger partial charge is 0.480 e. The third kappa shape index (κ3) is 9.98. The summed E-state index contributed by atoms with van der Waals surface area (Å²) in [5.41, 5.74) is 5.93. The number of carboxylic acids is 1. The monoisotopic (exact) mass is 432 g/mol. The van der Waals surface area contributed by atoms with Crippen molar-refractivity contribution in [3.63, 3.8) is 0 Å². The van der Waals surface area contributed by atoms with Crippen molar-refractivity contribution in [2.24, 2.45) is 17.6 Å². The first kappa shape index (κ1) is 27.2. The number of carbonyl (C=O) groups is 4. The van der Waals surface area contributed by atoms with E-state index in [4.69, 9.17) is 5.73 Å². The van der Waals surface area contributed by atoms with Crippen molar-refractivity contribution in [3.8, 4) is 0 Å². The summed E-state index contributed by atoms with van der Waals surface area (Å²) in [6.07, 6.45) is 3.59. The highest BCUT2D eigenvalue weighted by Crippen LogP contribution is 2.08. The quantitative estimate of drug-likeness (QED) is 0.265. The summed E-state index contributed by atoms with van der Waals surface area (Å²) >= 11 is 1.53. The van der Waals surface area contributed by atoms with Crippen molar-refractivity contribution < 1.29 is 24.3 Å². The van der Waals surface area contributed by atoms with E-state index in [2.05, 4.69) is 16.0 Å². The smallest absolute Gasteiger partial charge is 0.326 e. The average Bonchev–Trinajstić information content (AvgIpc) is 2.70. The summed E-state index contributed by atoms with van der Waals surface area (Å²) in [6, 6.07) is -2.56. The van der Waals surface area contributed by atoms with E-state index in [1.54, 1.807) is 6.92 Å². The molecule has 6 N–H and O–H groups in total. The van der Waals surface area contributed by atoms with Gasteiger partial charge in [0.25, 0.3) is 0 Å². The van der Waals surface area contributed by atoms with Crippen molar-refractivity contribution in [1.82, 2.24) is 16.0 Å². The molecule has 3 amide bonds. The molecule has 168 valence electrons. The molecule has 0 aromatic heterocycles. The highest BCUT2D eigenvalue weighted by molar-refractivity contribution is 7.98. The first-order valence-electron chi connectivity index (χ1n) is 9.93. The van der Waals surface area contributed by atoms with Crippen LogP contribution < -0.4 is 21.7 Å². The van der Waals surface area contributed by atoms with Crippen molar-refractivity contribution in [2.45, 2.75) is 65.1 Å². The zero-order valence-electron chi connectivity index (χ0n) is 18.0. The van der Waals surface area contributed by atoms with Crippen LogP contribution in [0, 0.1) is 11.8 Å². The van der Waals surface area contributed by atoms with Crippen LogP contribution in [0.3, 0.4) is 0 Å². The zero-order chi connectivity index (χ0) is 22.6. The standard InChI is InChI=1S/C19H36N4O5S/c1-6-11(3)15(20)18(26)22-13(8-9-29-5)17(25)21-10-14(24)23-16(19(27)28)12(4)7-2/h11-13,15-16H,6-10,20H2,1-5H3,(H,21,25)(H,22,26)(H,23,24)(H,27,28). The van der Waals surface area contributed by atoms with Crippen LogP contribution in [0.15, 0.2) is 0 Å². The summed E-state index contributed by atoms with van der Waals surface area (Å²) < 4.78 is 0. The Balaban J connectivity index is 4.87. The fraction of sp³-hybridized carbons (Fsp3) is 0.789. The summed E-state index contributed by atoms with van der Waals surface area (Å²) in [5, 5.41) is 16.8. The molecule has 0 aliphatic rings. The van der Waals surface area contributed by atoms with Crippen LogP contribution in [0.4, 0.5) is 0 Å². The van der Waals surface area contributed by atoms with Crippen molar-refractivity contribution in [3.05, 3.63) is 0 Å². The van der Waals surface area contributed by atoms with Crippen molar-refractivity contribution in [2.75, 3.05) is 18.6 Å². The van der Waals surface area contributed by atoms with Gasteiger partial charge in [0, 0.05) is 0 Å². The van der Waals surface area contributed by atoms with Crippen LogP contribution in [-0.4, -0.2) is 65.5 Å². The second-order valence-electron chi connectivity index (χ2n) is 7.24. The molecule has 0 radical (unpaired) electrons. The molecule has 0 rings (SSSR count). The van der Waals surface area contributed by atoms with Crippen LogP contribution in [-0.2, 0) is 19.2 Å². The molecule has 0 aliphatic carbocycles. The summed E-state index contributed by atoms with van der Waals surface area (Å²) in [7, 11) is 0. The van der Waals surface area contributed by atoms with Gasteiger partial charge in [-0.2, -0.15) is 11.8 Å². The Morgan fingerprint density at radius 1 is 1.00 bits per heavy atom. The fourth-order valence-electron chi connectivity index (χ4n) is 2.48. The number of nitrogens with one attached hydrogen (secondary N) is 3. The zero-order valence-corrected chi connectivity index (χ0v) is 18.8. The maximum atomic E-state index is 12.5. The first-order valence-corrected chi connectivity index (χ1v) is 11.3. The molecule has 0 fully saturated rings. The Hall–Kier alpha value is -1.81. The molecular weight excluding hydrogens is 396 g/mol. The van der Waals surface area contributed by atoms with Gasteiger partial charge in [-0.25, -0.2) is 4.79 Å². The molecule has 29 heavy (non-hydrogen) atoms. The van der Waals surface area contributed by atoms with Gasteiger partial charge >= 0.3 is 5.97 Å². The number of aliphatic carboxylic acids is 1. The molecule has 0 bridgehead atoms. The van der Waals surface area contributed by atoms with Gasteiger partial charge in [-0.1, -0.05) is 40.5 Å². The Labute approximate surface area is 177 Å². The Morgan fingerprint density at radius 2 is 1.59 bits per heavy atom. The second-order valence-corrected chi connectivity index (χ2v) is 8.23. The highest BCUT2D eigenvalue weighted by Gasteiger charge is 2.28. The third-order valence-corrected chi connectivity index (χ3v) is 5.67. The molecule has 5 unspecified atom stereocenters. The van der Waals surface area contributed by atoms with Crippen LogP contribution in [0.2, 0.25) is 0 Å². The number of carboxylic acid groups (broad SMARTS) is 1. The van der Waals surface area contributed by atoms with Crippen molar-refractivity contribution in [1.29, 1.82) is 0 Å². The van der Waals surface area contributed by atoms with E-state index in [0.29, 0.717) is 18.6 Å². The topological polar surface area (TPSA) is 151 Å². The molecule has 0 aliphatic heterocycles. The number of hydrogen-bond donors (Lipinski definition) is 5. The molecule has 0 aromatic rings. The Bertz CT molecular complexity index is 561. The van der Waals surface area contributed by atoms with Crippen LogP contribution in [0.1, 0.15) is 47.0 Å². The molecule has 0 saturated carbocycles.